The molecular formula is C17H18FN3O2. The van der Waals surface area contributed by atoms with Gasteiger partial charge in [-0.15, -0.1) is 0 Å². The van der Waals surface area contributed by atoms with Crippen molar-refractivity contribution in [1.82, 2.24) is 15.4 Å². The van der Waals surface area contributed by atoms with Crippen LogP contribution >= 0.6 is 0 Å². The summed E-state index contributed by atoms with van der Waals surface area (Å²) in [6.45, 7) is 1.12. The summed E-state index contributed by atoms with van der Waals surface area (Å²) in [5.41, 5.74) is 1.98. The van der Waals surface area contributed by atoms with Crippen LogP contribution in [0.3, 0.4) is 0 Å². The van der Waals surface area contributed by atoms with Crippen LogP contribution in [0.15, 0.2) is 42.6 Å². The highest BCUT2D eigenvalue weighted by molar-refractivity contribution is 5.94. The molecule has 1 aliphatic rings. The molecule has 1 amide bonds. The second kappa shape index (κ2) is 6.85. The van der Waals surface area contributed by atoms with Crippen molar-refractivity contribution >= 4 is 5.91 Å². The summed E-state index contributed by atoms with van der Waals surface area (Å²) in [4.78, 5) is 16.5. The van der Waals surface area contributed by atoms with E-state index in [-0.39, 0.29) is 17.8 Å². The monoisotopic (exact) mass is 315 g/mol. The lowest BCUT2D eigenvalue weighted by molar-refractivity contribution is -0.107. The molecule has 1 aromatic carbocycles. The van der Waals surface area contributed by atoms with Crippen LogP contribution in [0.5, 0.6) is 0 Å². The lowest BCUT2D eigenvalue weighted by Gasteiger charge is -2.28. The Hall–Kier alpha value is -2.31. The lowest BCUT2D eigenvalue weighted by atomic mass is 10.1. The number of hydrogen-bond acceptors (Lipinski definition) is 4. The topological polar surface area (TPSA) is 65.5 Å². The average Bonchev–Trinajstić information content (AvgIpc) is 2.58. The molecule has 1 aliphatic heterocycles. The number of nitrogens with zero attached hydrogens (tertiary/aromatic N) is 2. The van der Waals surface area contributed by atoms with Crippen molar-refractivity contribution in [2.75, 3.05) is 13.1 Å². The summed E-state index contributed by atoms with van der Waals surface area (Å²) in [5, 5.41) is 13.5. The molecular weight excluding hydrogens is 297 g/mol. The van der Waals surface area contributed by atoms with E-state index < -0.39 is 0 Å². The molecule has 1 fully saturated rings. The fraction of sp³-hybridized carbons (Fsp3) is 0.294. The third-order valence-corrected chi connectivity index (χ3v) is 3.97. The average molecular weight is 315 g/mol. The molecule has 2 heterocycles. The molecule has 0 saturated carbocycles. The Balaban J connectivity index is 1.64. The quantitative estimate of drug-likeness (QED) is 0.913. The van der Waals surface area contributed by atoms with Crippen molar-refractivity contribution < 1.29 is 14.4 Å². The van der Waals surface area contributed by atoms with Gasteiger partial charge in [-0.1, -0.05) is 0 Å². The molecule has 3 rings (SSSR count). The van der Waals surface area contributed by atoms with E-state index in [1.807, 2.05) is 0 Å². The number of aromatic nitrogens is 1. The first kappa shape index (κ1) is 15.6. The highest BCUT2D eigenvalue weighted by Gasteiger charge is 2.20. The van der Waals surface area contributed by atoms with E-state index in [0.717, 1.165) is 18.4 Å². The molecule has 2 aromatic rings. The van der Waals surface area contributed by atoms with Crippen molar-refractivity contribution in [2.24, 2.45) is 0 Å². The summed E-state index contributed by atoms with van der Waals surface area (Å²) in [7, 11) is 0. The third-order valence-electron chi connectivity index (χ3n) is 3.97. The van der Waals surface area contributed by atoms with Gasteiger partial charge in [0.05, 0.1) is 11.3 Å². The van der Waals surface area contributed by atoms with Crippen molar-refractivity contribution in [3.63, 3.8) is 0 Å². The van der Waals surface area contributed by atoms with Gasteiger partial charge in [0.1, 0.15) is 5.82 Å². The molecule has 2 N–H and O–H groups in total. The standard InChI is InChI=1S/C17H18FN3O2/c18-14-4-1-12(2-5-14)16-6-3-13(11-19-16)17(22)20-15-7-9-21(23)10-8-15/h1-6,11,15,23H,7-10H2,(H,20,22). The number of benzene rings is 1. The summed E-state index contributed by atoms with van der Waals surface area (Å²) >= 11 is 0. The molecule has 6 heteroatoms. The van der Waals surface area contributed by atoms with E-state index in [0.29, 0.717) is 24.3 Å². The minimum atomic E-state index is -0.293. The summed E-state index contributed by atoms with van der Waals surface area (Å²) in [6, 6.07) is 9.60. The molecule has 1 aromatic heterocycles. The molecule has 0 aliphatic carbocycles. The van der Waals surface area contributed by atoms with Crippen LogP contribution in [-0.4, -0.2) is 40.3 Å². The Kier molecular flexibility index (Phi) is 4.64. The van der Waals surface area contributed by atoms with Gasteiger partial charge in [0.15, 0.2) is 0 Å². The van der Waals surface area contributed by atoms with Gasteiger partial charge in [0.2, 0.25) is 0 Å². The zero-order chi connectivity index (χ0) is 16.2. The van der Waals surface area contributed by atoms with Crippen LogP contribution in [0.2, 0.25) is 0 Å². The first-order valence-corrected chi connectivity index (χ1v) is 7.58. The van der Waals surface area contributed by atoms with E-state index in [2.05, 4.69) is 10.3 Å². The van der Waals surface area contributed by atoms with Crippen molar-refractivity contribution in [2.45, 2.75) is 18.9 Å². The number of carbonyl (C=O) groups excluding carboxylic acids is 1. The number of piperidine rings is 1. The Bertz CT molecular complexity index is 665. The van der Waals surface area contributed by atoms with Crippen molar-refractivity contribution in [3.05, 3.63) is 54.0 Å². The minimum absolute atomic E-state index is 0.0719. The number of amides is 1. The highest BCUT2D eigenvalue weighted by atomic mass is 19.1. The molecule has 1 saturated heterocycles. The van der Waals surface area contributed by atoms with Crippen molar-refractivity contribution in [1.29, 1.82) is 0 Å². The second-order valence-corrected chi connectivity index (χ2v) is 5.64. The SMILES string of the molecule is O=C(NC1CCN(O)CC1)c1ccc(-c2ccc(F)cc2)nc1. The van der Waals surface area contributed by atoms with Crippen LogP contribution < -0.4 is 5.32 Å². The number of halogens is 1. The summed E-state index contributed by atoms with van der Waals surface area (Å²) in [5.74, 6) is -0.460. The molecule has 0 bridgehead atoms. The van der Waals surface area contributed by atoms with Crippen LogP contribution in [0.25, 0.3) is 11.3 Å². The third kappa shape index (κ3) is 3.91. The molecule has 120 valence electrons. The van der Waals surface area contributed by atoms with Crippen molar-refractivity contribution in [3.8, 4) is 11.3 Å². The van der Waals surface area contributed by atoms with Gasteiger partial charge >= 0.3 is 0 Å². The van der Waals surface area contributed by atoms with Gasteiger partial charge in [-0.3, -0.25) is 9.78 Å². The molecule has 0 spiro atoms. The van der Waals surface area contributed by atoms with E-state index in [1.165, 1.54) is 23.4 Å². The summed E-state index contributed by atoms with van der Waals surface area (Å²) in [6.07, 6.45) is 2.97. The van der Waals surface area contributed by atoms with Gasteiger partial charge in [0.25, 0.3) is 5.91 Å². The van der Waals surface area contributed by atoms with Gasteiger partial charge in [-0.05, 0) is 49.2 Å². The van der Waals surface area contributed by atoms with Gasteiger partial charge < -0.3 is 10.5 Å². The van der Waals surface area contributed by atoms with E-state index in [1.54, 1.807) is 24.3 Å². The smallest absolute Gasteiger partial charge is 0.253 e. The first-order chi connectivity index (χ1) is 11.1. The maximum atomic E-state index is 12.9. The first-order valence-electron chi connectivity index (χ1n) is 7.58. The molecule has 0 atom stereocenters. The van der Waals surface area contributed by atoms with E-state index in [4.69, 9.17) is 0 Å². The second-order valence-electron chi connectivity index (χ2n) is 5.64. The predicted octanol–water partition coefficient (Wildman–Crippen LogP) is 2.47. The number of rotatable bonds is 3. The van der Waals surface area contributed by atoms with Crippen LogP contribution in [0, 0.1) is 5.82 Å². The van der Waals surface area contributed by atoms with Crippen LogP contribution in [0.1, 0.15) is 23.2 Å². The highest BCUT2D eigenvalue weighted by Crippen LogP contribution is 2.17. The van der Waals surface area contributed by atoms with Crippen LogP contribution in [-0.2, 0) is 0 Å². The fourth-order valence-electron chi connectivity index (χ4n) is 2.60. The zero-order valence-corrected chi connectivity index (χ0v) is 12.6. The maximum absolute atomic E-state index is 12.9. The Morgan fingerprint density at radius 1 is 1.17 bits per heavy atom. The molecule has 23 heavy (non-hydrogen) atoms. The zero-order valence-electron chi connectivity index (χ0n) is 12.6. The fourth-order valence-corrected chi connectivity index (χ4v) is 2.60. The number of pyridine rings is 1. The minimum Gasteiger partial charge on any atom is -0.349 e. The number of hydroxylamine groups is 2. The Labute approximate surface area is 133 Å². The summed E-state index contributed by atoms with van der Waals surface area (Å²) < 4.78 is 12.9. The Morgan fingerprint density at radius 3 is 2.48 bits per heavy atom. The number of hydrogen-bond donors (Lipinski definition) is 2. The lowest BCUT2D eigenvalue weighted by Crippen LogP contribution is -2.43. The predicted molar refractivity (Wildman–Crippen MR) is 83.5 cm³/mol. The number of nitrogens with one attached hydrogen (secondary N) is 1. The molecule has 0 unspecified atom stereocenters. The van der Waals surface area contributed by atoms with Gasteiger partial charge in [-0.2, -0.15) is 5.06 Å². The van der Waals surface area contributed by atoms with E-state index >= 15 is 0 Å². The normalized spacial score (nSPS) is 16.3. The molecule has 0 radical (unpaired) electrons. The largest absolute Gasteiger partial charge is 0.349 e. The molecule has 5 nitrogen and oxygen atoms in total. The van der Waals surface area contributed by atoms with Gasteiger partial charge in [-0.25, -0.2) is 4.39 Å². The van der Waals surface area contributed by atoms with E-state index in [9.17, 15) is 14.4 Å². The van der Waals surface area contributed by atoms with Crippen LogP contribution in [0.4, 0.5) is 4.39 Å². The van der Waals surface area contributed by atoms with Gasteiger partial charge in [0, 0.05) is 30.9 Å². The maximum Gasteiger partial charge on any atom is 0.253 e. The number of carbonyl (C=O) groups is 1. The Morgan fingerprint density at radius 2 is 1.87 bits per heavy atom.